The largest absolute Gasteiger partial charge is 0.316 e. The second-order valence-electron chi connectivity index (χ2n) is 6.87. The molecule has 1 unspecified atom stereocenters. The number of hydrogen-bond donors (Lipinski definition) is 1. The minimum atomic E-state index is 0.281. The van der Waals surface area contributed by atoms with E-state index in [1.54, 1.807) is 0 Å². The molecule has 1 N–H and O–H groups in total. The standard InChI is InChI=1S/C17H25Cl2N/c1-12(2)10-20-11-17(3,14-4-5-14)9-13-8-15(18)6-7-16(13)19/h6-8,12,14,20H,4-5,9-11H2,1-3H3. The molecule has 0 spiro atoms. The molecule has 2 rings (SSSR count). The number of benzene rings is 1. The maximum atomic E-state index is 6.33. The van der Waals surface area contributed by atoms with Crippen molar-refractivity contribution < 1.29 is 0 Å². The zero-order valence-electron chi connectivity index (χ0n) is 12.7. The summed E-state index contributed by atoms with van der Waals surface area (Å²) < 4.78 is 0. The van der Waals surface area contributed by atoms with Crippen molar-refractivity contribution >= 4 is 23.2 Å². The van der Waals surface area contributed by atoms with Crippen molar-refractivity contribution in [3.05, 3.63) is 33.8 Å². The van der Waals surface area contributed by atoms with Crippen LogP contribution in [0.2, 0.25) is 10.0 Å². The summed E-state index contributed by atoms with van der Waals surface area (Å²) in [6.07, 6.45) is 3.69. The predicted octanol–water partition coefficient (Wildman–Crippen LogP) is 5.20. The van der Waals surface area contributed by atoms with E-state index in [0.29, 0.717) is 5.92 Å². The summed E-state index contributed by atoms with van der Waals surface area (Å²) in [6.45, 7) is 9.00. The van der Waals surface area contributed by atoms with Crippen molar-refractivity contribution in [2.45, 2.75) is 40.0 Å². The van der Waals surface area contributed by atoms with Gasteiger partial charge in [0.05, 0.1) is 0 Å². The molecule has 1 saturated carbocycles. The van der Waals surface area contributed by atoms with Gasteiger partial charge in [-0.2, -0.15) is 0 Å². The minimum absolute atomic E-state index is 0.281. The highest BCUT2D eigenvalue weighted by atomic mass is 35.5. The molecule has 1 nitrogen and oxygen atoms in total. The van der Waals surface area contributed by atoms with Gasteiger partial charge in [0.15, 0.2) is 0 Å². The highest BCUT2D eigenvalue weighted by Crippen LogP contribution is 2.47. The lowest BCUT2D eigenvalue weighted by Crippen LogP contribution is -2.37. The molecule has 0 amide bonds. The van der Waals surface area contributed by atoms with Crippen molar-refractivity contribution in [3.63, 3.8) is 0 Å². The van der Waals surface area contributed by atoms with Gasteiger partial charge in [-0.1, -0.05) is 44.0 Å². The van der Waals surface area contributed by atoms with Crippen LogP contribution < -0.4 is 5.32 Å². The molecule has 1 fully saturated rings. The molecular weight excluding hydrogens is 289 g/mol. The molecule has 0 bridgehead atoms. The highest BCUT2D eigenvalue weighted by Gasteiger charge is 2.41. The van der Waals surface area contributed by atoms with Crippen LogP contribution in [0, 0.1) is 17.3 Å². The fourth-order valence-corrected chi connectivity index (χ4v) is 3.27. The quantitative estimate of drug-likeness (QED) is 0.729. The second kappa shape index (κ2) is 6.68. The monoisotopic (exact) mass is 313 g/mol. The SMILES string of the molecule is CC(C)CNCC(C)(Cc1cc(Cl)ccc1Cl)C1CC1. The van der Waals surface area contributed by atoms with Crippen LogP contribution in [0.3, 0.4) is 0 Å². The van der Waals surface area contributed by atoms with Crippen LogP contribution >= 0.6 is 23.2 Å². The molecule has 0 aromatic heterocycles. The van der Waals surface area contributed by atoms with Gasteiger partial charge in [0.2, 0.25) is 0 Å². The summed E-state index contributed by atoms with van der Waals surface area (Å²) >= 11 is 12.4. The lowest BCUT2D eigenvalue weighted by Gasteiger charge is -2.31. The Kier molecular flexibility index (Phi) is 5.39. The van der Waals surface area contributed by atoms with Crippen molar-refractivity contribution in [1.82, 2.24) is 5.32 Å². The molecule has 1 aromatic carbocycles. The van der Waals surface area contributed by atoms with E-state index in [-0.39, 0.29) is 5.41 Å². The molecule has 0 aliphatic heterocycles. The fraction of sp³-hybridized carbons (Fsp3) is 0.647. The maximum absolute atomic E-state index is 6.33. The van der Waals surface area contributed by atoms with Gasteiger partial charge in [-0.25, -0.2) is 0 Å². The molecular formula is C17H25Cl2N. The lowest BCUT2D eigenvalue weighted by atomic mass is 9.78. The Morgan fingerprint density at radius 2 is 2.00 bits per heavy atom. The van der Waals surface area contributed by atoms with Crippen molar-refractivity contribution in [1.29, 1.82) is 0 Å². The second-order valence-corrected chi connectivity index (χ2v) is 7.71. The average molecular weight is 314 g/mol. The molecule has 1 aliphatic rings. The topological polar surface area (TPSA) is 12.0 Å². The van der Waals surface area contributed by atoms with Crippen LogP contribution in [0.25, 0.3) is 0 Å². The molecule has 1 aliphatic carbocycles. The van der Waals surface area contributed by atoms with E-state index in [0.717, 1.165) is 35.5 Å². The van der Waals surface area contributed by atoms with E-state index in [4.69, 9.17) is 23.2 Å². The zero-order chi connectivity index (χ0) is 14.8. The van der Waals surface area contributed by atoms with Crippen LogP contribution in [0.4, 0.5) is 0 Å². The van der Waals surface area contributed by atoms with Crippen LogP contribution in [0.5, 0.6) is 0 Å². The van der Waals surface area contributed by atoms with Crippen molar-refractivity contribution in [2.24, 2.45) is 17.3 Å². The summed E-state index contributed by atoms with van der Waals surface area (Å²) in [5, 5.41) is 5.24. The molecule has 20 heavy (non-hydrogen) atoms. The fourth-order valence-electron chi connectivity index (χ4n) is 2.89. The highest BCUT2D eigenvalue weighted by molar-refractivity contribution is 6.33. The van der Waals surface area contributed by atoms with Crippen LogP contribution in [0.1, 0.15) is 39.2 Å². The Morgan fingerprint density at radius 3 is 2.60 bits per heavy atom. The first kappa shape index (κ1) is 16.1. The first-order chi connectivity index (χ1) is 9.40. The van der Waals surface area contributed by atoms with Gasteiger partial charge in [-0.15, -0.1) is 0 Å². The van der Waals surface area contributed by atoms with Crippen LogP contribution in [-0.4, -0.2) is 13.1 Å². The van der Waals surface area contributed by atoms with E-state index >= 15 is 0 Å². The van der Waals surface area contributed by atoms with Crippen LogP contribution in [-0.2, 0) is 6.42 Å². The molecule has 1 aromatic rings. The minimum Gasteiger partial charge on any atom is -0.316 e. The smallest absolute Gasteiger partial charge is 0.0439 e. The molecule has 0 radical (unpaired) electrons. The third kappa shape index (κ3) is 4.38. The molecule has 3 heteroatoms. The van der Waals surface area contributed by atoms with Gasteiger partial charge in [-0.05, 0) is 66.8 Å². The van der Waals surface area contributed by atoms with Gasteiger partial charge in [0, 0.05) is 16.6 Å². The first-order valence-electron chi connectivity index (χ1n) is 7.55. The van der Waals surface area contributed by atoms with Gasteiger partial charge in [-0.3, -0.25) is 0 Å². The summed E-state index contributed by atoms with van der Waals surface area (Å²) in [5.41, 5.74) is 1.46. The Morgan fingerprint density at radius 1 is 1.30 bits per heavy atom. The average Bonchev–Trinajstić information content (AvgIpc) is 3.18. The summed E-state index contributed by atoms with van der Waals surface area (Å²) in [7, 11) is 0. The summed E-state index contributed by atoms with van der Waals surface area (Å²) in [6, 6.07) is 5.79. The number of hydrogen-bond acceptors (Lipinski definition) is 1. The Bertz CT molecular complexity index is 454. The van der Waals surface area contributed by atoms with Gasteiger partial charge in [0.1, 0.15) is 0 Å². The zero-order valence-corrected chi connectivity index (χ0v) is 14.2. The van der Waals surface area contributed by atoms with Crippen LogP contribution in [0.15, 0.2) is 18.2 Å². The van der Waals surface area contributed by atoms with E-state index in [2.05, 4.69) is 26.1 Å². The maximum Gasteiger partial charge on any atom is 0.0439 e. The predicted molar refractivity (Wildman–Crippen MR) is 88.7 cm³/mol. The third-order valence-corrected chi connectivity index (χ3v) is 4.85. The Balaban J connectivity index is 2.06. The molecule has 1 atom stereocenters. The third-order valence-electron chi connectivity index (χ3n) is 4.25. The van der Waals surface area contributed by atoms with Gasteiger partial charge in [0.25, 0.3) is 0 Å². The summed E-state index contributed by atoms with van der Waals surface area (Å²) in [5.74, 6) is 1.51. The Hall–Kier alpha value is -0.240. The molecule has 0 heterocycles. The van der Waals surface area contributed by atoms with E-state index in [9.17, 15) is 0 Å². The number of rotatable bonds is 7. The number of nitrogens with one attached hydrogen (secondary N) is 1. The Labute approximate surface area is 133 Å². The molecule has 112 valence electrons. The van der Waals surface area contributed by atoms with E-state index < -0.39 is 0 Å². The molecule has 0 saturated heterocycles. The normalized spacial score (nSPS) is 18.3. The summed E-state index contributed by atoms with van der Waals surface area (Å²) in [4.78, 5) is 0. The van der Waals surface area contributed by atoms with Gasteiger partial charge < -0.3 is 5.32 Å². The number of halogens is 2. The van der Waals surface area contributed by atoms with E-state index in [1.165, 1.54) is 18.4 Å². The van der Waals surface area contributed by atoms with Gasteiger partial charge >= 0.3 is 0 Å². The van der Waals surface area contributed by atoms with Crippen molar-refractivity contribution in [3.8, 4) is 0 Å². The van der Waals surface area contributed by atoms with Crippen molar-refractivity contribution in [2.75, 3.05) is 13.1 Å². The first-order valence-corrected chi connectivity index (χ1v) is 8.31. The lowest BCUT2D eigenvalue weighted by molar-refractivity contribution is 0.252. The van der Waals surface area contributed by atoms with E-state index in [1.807, 2.05) is 18.2 Å².